The van der Waals surface area contributed by atoms with Crippen molar-refractivity contribution in [2.24, 2.45) is 0 Å². The highest BCUT2D eigenvalue weighted by Gasteiger charge is 2.26. The number of carbonyl (C=O) groups is 1. The van der Waals surface area contributed by atoms with E-state index in [1.165, 1.54) is 4.88 Å². The predicted molar refractivity (Wildman–Crippen MR) is 78.3 cm³/mol. The van der Waals surface area contributed by atoms with E-state index in [-0.39, 0.29) is 18.4 Å². The first kappa shape index (κ1) is 15.4. The molecule has 1 N–H and O–H groups in total. The van der Waals surface area contributed by atoms with Crippen molar-refractivity contribution in [1.82, 2.24) is 14.6 Å². The van der Waals surface area contributed by atoms with Gasteiger partial charge in [0.1, 0.15) is 0 Å². The van der Waals surface area contributed by atoms with E-state index in [2.05, 4.69) is 9.71 Å². The predicted octanol–water partition coefficient (Wildman–Crippen LogP) is 0.707. The lowest BCUT2D eigenvalue weighted by Crippen LogP contribution is -2.44. The summed E-state index contributed by atoms with van der Waals surface area (Å²) < 4.78 is 24.3. The van der Waals surface area contributed by atoms with Crippen LogP contribution in [0.4, 0.5) is 0 Å². The van der Waals surface area contributed by atoms with Gasteiger partial charge in [-0.25, -0.2) is 18.1 Å². The number of amides is 1. The second-order valence-electron chi connectivity index (χ2n) is 5.08. The summed E-state index contributed by atoms with van der Waals surface area (Å²) >= 11 is 1.67. The minimum absolute atomic E-state index is 0.164. The molecule has 2 rings (SSSR count). The summed E-state index contributed by atoms with van der Waals surface area (Å²) in [6, 6.07) is 0. The highest BCUT2D eigenvalue weighted by molar-refractivity contribution is 7.88. The van der Waals surface area contributed by atoms with Crippen molar-refractivity contribution in [3.63, 3.8) is 0 Å². The van der Waals surface area contributed by atoms with E-state index in [1.807, 2.05) is 13.1 Å². The molecule has 1 saturated heterocycles. The van der Waals surface area contributed by atoms with Gasteiger partial charge in [0, 0.05) is 30.1 Å². The molecule has 1 atom stereocenters. The summed E-state index contributed by atoms with van der Waals surface area (Å²) in [4.78, 5) is 19.3. The molecule has 0 saturated carbocycles. The fraction of sp³-hybridized carbons (Fsp3) is 0.667. The number of carbonyl (C=O) groups excluding carboxylic acids is 1. The average Bonchev–Trinajstić information content (AvgIpc) is 2.82. The number of rotatable bonds is 4. The van der Waals surface area contributed by atoms with Crippen LogP contribution in [-0.4, -0.2) is 50.1 Å². The third-order valence-corrected chi connectivity index (χ3v) is 4.99. The van der Waals surface area contributed by atoms with Crippen LogP contribution in [0, 0.1) is 6.92 Å². The Morgan fingerprint density at radius 1 is 1.60 bits per heavy atom. The summed E-state index contributed by atoms with van der Waals surface area (Å²) in [5, 5.41) is 1.07. The van der Waals surface area contributed by atoms with Crippen molar-refractivity contribution >= 4 is 27.3 Å². The number of hydrogen-bond donors (Lipinski definition) is 1. The molecule has 20 heavy (non-hydrogen) atoms. The second-order valence-corrected chi connectivity index (χ2v) is 8.18. The van der Waals surface area contributed by atoms with E-state index < -0.39 is 10.0 Å². The Morgan fingerprint density at radius 3 is 2.95 bits per heavy atom. The zero-order valence-electron chi connectivity index (χ0n) is 11.6. The van der Waals surface area contributed by atoms with Gasteiger partial charge in [0.2, 0.25) is 15.9 Å². The van der Waals surface area contributed by atoms with Gasteiger partial charge < -0.3 is 4.90 Å². The SMILES string of the molecule is Cc1cnc([C@@H]2CCCN(C(=O)CNS(C)(=O)=O)C2)s1. The summed E-state index contributed by atoms with van der Waals surface area (Å²) in [7, 11) is -3.33. The molecule has 112 valence electrons. The van der Waals surface area contributed by atoms with E-state index in [4.69, 9.17) is 0 Å². The number of hydrogen-bond acceptors (Lipinski definition) is 5. The van der Waals surface area contributed by atoms with Crippen molar-refractivity contribution in [3.05, 3.63) is 16.1 Å². The van der Waals surface area contributed by atoms with Gasteiger partial charge >= 0.3 is 0 Å². The zero-order valence-corrected chi connectivity index (χ0v) is 13.3. The summed E-state index contributed by atoms with van der Waals surface area (Å²) in [5.74, 6) is 0.0954. The first-order valence-electron chi connectivity index (χ1n) is 6.50. The topological polar surface area (TPSA) is 79.4 Å². The van der Waals surface area contributed by atoms with Gasteiger partial charge in [-0.05, 0) is 19.8 Å². The van der Waals surface area contributed by atoms with E-state index >= 15 is 0 Å². The van der Waals surface area contributed by atoms with Gasteiger partial charge in [0.25, 0.3) is 0 Å². The van der Waals surface area contributed by atoms with Crippen molar-refractivity contribution in [3.8, 4) is 0 Å². The largest absolute Gasteiger partial charge is 0.341 e. The monoisotopic (exact) mass is 317 g/mol. The van der Waals surface area contributed by atoms with Crippen LogP contribution in [0.3, 0.4) is 0 Å². The smallest absolute Gasteiger partial charge is 0.237 e. The number of aromatic nitrogens is 1. The van der Waals surface area contributed by atoms with Crippen LogP contribution in [0.15, 0.2) is 6.20 Å². The number of nitrogens with one attached hydrogen (secondary N) is 1. The zero-order chi connectivity index (χ0) is 14.8. The molecule has 0 aromatic carbocycles. The van der Waals surface area contributed by atoms with Crippen molar-refractivity contribution < 1.29 is 13.2 Å². The van der Waals surface area contributed by atoms with Gasteiger partial charge in [0.15, 0.2) is 0 Å². The van der Waals surface area contributed by atoms with Gasteiger partial charge in [-0.1, -0.05) is 0 Å². The number of nitrogens with zero attached hydrogens (tertiary/aromatic N) is 2. The maximum Gasteiger partial charge on any atom is 0.237 e. The third kappa shape index (κ3) is 4.26. The molecule has 2 heterocycles. The lowest BCUT2D eigenvalue weighted by atomic mass is 9.99. The Balaban J connectivity index is 1.94. The number of sulfonamides is 1. The molecule has 1 fully saturated rings. The van der Waals surface area contributed by atoms with Crippen LogP contribution in [0.5, 0.6) is 0 Å². The van der Waals surface area contributed by atoms with E-state index in [1.54, 1.807) is 16.2 Å². The molecule has 8 heteroatoms. The van der Waals surface area contributed by atoms with Crippen LogP contribution >= 0.6 is 11.3 Å². The molecule has 0 aliphatic carbocycles. The fourth-order valence-electron chi connectivity index (χ4n) is 2.27. The van der Waals surface area contributed by atoms with Gasteiger partial charge in [-0.3, -0.25) is 4.79 Å². The molecule has 6 nitrogen and oxygen atoms in total. The van der Waals surface area contributed by atoms with Crippen LogP contribution in [-0.2, 0) is 14.8 Å². The van der Waals surface area contributed by atoms with Crippen molar-refractivity contribution in [1.29, 1.82) is 0 Å². The van der Waals surface area contributed by atoms with Crippen LogP contribution in [0.1, 0.15) is 28.6 Å². The number of thiazole rings is 1. The molecular formula is C12H19N3O3S2. The minimum Gasteiger partial charge on any atom is -0.341 e. The normalized spacial score (nSPS) is 20.1. The number of piperidine rings is 1. The molecule has 1 amide bonds. The molecule has 0 bridgehead atoms. The van der Waals surface area contributed by atoms with E-state index in [0.717, 1.165) is 24.1 Å². The summed E-state index contributed by atoms with van der Waals surface area (Å²) in [6.07, 6.45) is 4.85. The Kier molecular flexibility index (Phi) is 4.77. The maximum atomic E-state index is 12.0. The number of likely N-dealkylation sites (tertiary alicyclic amines) is 1. The highest BCUT2D eigenvalue weighted by Crippen LogP contribution is 2.29. The Morgan fingerprint density at radius 2 is 2.35 bits per heavy atom. The standard InChI is InChI=1S/C12H19N3O3S2/c1-9-6-13-12(19-9)10-4-3-5-15(8-10)11(16)7-14-20(2,17)18/h6,10,14H,3-5,7-8H2,1-2H3/t10-/m1/s1. The first-order chi connectivity index (χ1) is 9.35. The van der Waals surface area contributed by atoms with Crippen LogP contribution < -0.4 is 4.72 Å². The average molecular weight is 317 g/mol. The van der Waals surface area contributed by atoms with Crippen molar-refractivity contribution in [2.45, 2.75) is 25.7 Å². The molecule has 1 aromatic rings. The lowest BCUT2D eigenvalue weighted by molar-refractivity contribution is -0.131. The van der Waals surface area contributed by atoms with Crippen LogP contribution in [0.25, 0.3) is 0 Å². The highest BCUT2D eigenvalue weighted by atomic mass is 32.2. The second kappa shape index (κ2) is 6.19. The Bertz CT molecular complexity index is 583. The molecule has 1 aliphatic heterocycles. The first-order valence-corrected chi connectivity index (χ1v) is 9.20. The molecule has 1 aliphatic rings. The van der Waals surface area contributed by atoms with Gasteiger partial charge in [0.05, 0.1) is 17.8 Å². The Labute approximate surface area is 123 Å². The summed E-state index contributed by atoms with van der Waals surface area (Å²) in [5.41, 5.74) is 0. The molecule has 0 radical (unpaired) electrons. The quantitative estimate of drug-likeness (QED) is 0.887. The lowest BCUT2D eigenvalue weighted by Gasteiger charge is -2.31. The van der Waals surface area contributed by atoms with Crippen LogP contribution in [0.2, 0.25) is 0 Å². The van der Waals surface area contributed by atoms with E-state index in [9.17, 15) is 13.2 Å². The summed E-state index contributed by atoms with van der Waals surface area (Å²) in [6.45, 7) is 3.16. The molecular weight excluding hydrogens is 298 g/mol. The minimum atomic E-state index is -3.33. The Hall–Kier alpha value is -0.990. The molecule has 0 spiro atoms. The molecule has 1 aromatic heterocycles. The third-order valence-electron chi connectivity index (χ3n) is 3.25. The van der Waals surface area contributed by atoms with Gasteiger partial charge in [-0.15, -0.1) is 11.3 Å². The van der Waals surface area contributed by atoms with E-state index in [0.29, 0.717) is 13.1 Å². The molecule has 0 unspecified atom stereocenters. The fourth-order valence-corrected chi connectivity index (χ4v) is 3.56. The maximum absolute atomic E-state index is 12.0. The van der Waals surface area contributed by atoms with Crippen molar-refractivity contribution in [2.75, 3.05) is 25.9 Å². The number of aryl methyl sites for hydroxylation is 1. The van der Waals surface area contributed by atoms with Gasteiger partial charge in [-0.2, -0.15) is 0 Å².